The predicted molar refractivity (Wildman–Crippen MR) is 55.2 cm³/mol. The second-order valence-electron chi connectivity index (χ2n) is 4.59. The molecule has 4 heteroatoms. The first-order valence-electron chi connectivity index (χ1n) is 5.18. The number of hydrogen-bond acceptors (Lipinski definition) is 2. The fraction of sp³-hybridized carbons (Fsp3) is 0.700. The van der Waals surface area contributed by atoms with Gasteiger partial charge in [-0.3, -0.25) is 0 Å². The van der Waals surface area contributed by atoms with Crippen LogP contribution in [0.15, 0.2) is 6.20 Å². The maximum atomic E-state index is 6.22. The number of fused-ring (bicyclic) bond motifs is 1. The monoisotopic (exact) mass is 211 g/mol. The van der Waals surface area contributed by atoms with Gasteiger partial charge in [-0.2, -0.15) is 0 Å². The molecule has 1 aliphatic carbocycles. The van der Waals surface area contributed by atoms with E-state index < -0.39 is 0 Å². The summed E-state index contributed by atoms with van der Waals surface area (Å²) in [5.74, 6) is 0.641. The summed E-state index contributed by atoms with van der Waals surface area (Å²) in [5.41, 5.74) is 7.62. The summed E-state index contributed by atoms with van der Waals surface area (Å²) in [6.45, 7) is 0.984. The highest BCUT2D eigenvalue weighted by Crippen LogP contribution is 2.44. The first-order chi connectivity index (χ1) is 6.69. The molecule has 1 atom stereocenters. The minimum absolute atomic E-state index is 0.141. The van der Waals surface area contributed by atoms with Gasteiger partial charge in [0.25, 0.3) is 0 Å². The van der Waals surface area contributed by atoms with Gasteiger partial charge >= 0.3 is 0 Å². The van der Waals surface area contributed by atoms with Gasteiger partial charge in [-0.1, -0.05) is 0 Å². The van der Waals surface area contributed by atoms with Crippen molar-refractivity contribution in [2.45, 2.75) is 37.8 Å². The third kappa shape index (κ3) is 1.19. The Morgan fingerprint density at radius 2 is 2.36 bits per heavy atom. The molecular formula is C10H14ClN3. The number of hydrogen-bond donors (Lipinski definition) is 1. The molecule has 0 saturated heterocycles. The molecule has 14 heavy (non-hydrogen) atoms. The Kier molecular flexibility index (Phi) is 1.71. The molecule has 2 N–H and O–H groups in total. The summed E-state index contributed by atoms with van der Waals surface area (Å²) in [4.78, 5) is 4.12. The van der Waals surface area contributed by atoms with Gasteiger partial charge in [0.15, 0.2) is 0 Å². The fourth-order valence-corrected chi connectivity index (χ4v) is 2.71. The van der Waals surface area contributed by atoms with Gasteiger partial charge in [0.05, 0.1) is 0 Å². The highest BCUT2D eigenvalue weighted by atomic mass is 35.5. The zero-order valence-corrected chi connectivity index (χ0v) is 8.80. The molecule has 1 unspecified atom stereocenters. The first-order valence-corrected chi connectivity index (χ1v) is 5.56. The Labute approximate surface area is 88.3 Å². The van der Waals surface area contributed by atoms with Crippen LogP contribution in [0, 0.1) is 5.92 Å². The van der Waals surface area contributed by atoms with Crippen molar-refractivity contribution in [2.75, 3.05) is 0 Å². The molecule has 0 amide bonds. The molecular weight excluding hydrogens is 198 g/mol. The number of nitrogens with zero attached hydrogens (tertiary/aromatic N) is 2. The van der Waals surface area contributed by atoms with E-state index in [9.17, 15) is 0 Å². The lowest BCUT2D eigenvalue weighted by atomic mass is 9.87. The van der Waals surface area contributed by atoms with Crippen molar-refractivity contribution in [1.29, 1.82) is 0 Å². The maximum Gasteiger partial charge on any atom is 0.202 e. The largest absolute Gasteiger partial charge is 0.325 e. The van der Waals surface area contributed by atoms with Crippen LogP contribution in [0.25, 0.3) is 0 Å². The highest BCUT2D eigenvalue weighted by molar-refractivity contribution is 6.28. The Bertz CT molecular complexity index is 367. The minimum Gasteiger partial charge on any atom is -0.325 e. The number of nitrogens with two attached hydrogens (primary N) is 1. The van der Waals surface area contributed by atoms with Gasteiger partial charge < -0.3 is 10.3 Å². The average Bonchev–Trinajstić information content (AvgIpc) is 2.84. The van der Waals surface area contributed by atoms with Gasteiger partial charge in [0.1, 0.15) is 0 Å². The summed E-state index contributed by atoms with van der Waals surface area (Å²) in [6, 6.07) is 0. The molecule has 1 aromatic rings. The van der Waals surface area contributed by atoms with Crippen LogP contribution in [0.3, 0.4) is 0 Å². The van der Waals surface area contributed by atoms with E-state index in [0.29, 0.717) is 11.2 Å². The Hall–Kier alpha value is -0.540. The summed E-state index contributed by atoms with van der Waals surface area (Å²) in [6.07, 6.45) is 6.48. The van der Waals surface area contributed by atoms with Crippen molar-refractivity contribution in [3.8, 4) is 0 Å². The van der Waals surface area contributed by atoms with Crippen molar-refractivity contribution < 1.29 is 0 Å². The molecule has 1 aromatic heterocycles. The van der Waals surface area contributed by atoms with Gasteiger partial charge in [0.2, 0.25) is 5.28 Å². The lowest BCUT2D eigenvalue weighted by Crippen LogP contribution is -2.37. The number of rotatable bonds is 1. The van der Waals surface area contributed by atoms with E-state index in [4.69, 9.17) is 17.3 Å². The number of imidazole rings is 1. The second kappa shape index (κ2) is 2.74. The highest BCUT2D eigenvalue weighted by Gasteiger charge is 2.46. The fourth-order valence-electron chi connectivity index (χ4n) is 2.47. The molecule has 2 heterocycles. The maximum absolute atomic E-state index is 6.22. The summed E-state index contributed by atoms with van der Waals surface area (Å²) in [7, 11) is 0. The second-order valence-corrected chi connectivity index (χ2v) is 4.93. The van der Waals surface area contributed by atoms with Crippen molar-refractivity contribution in [1.82, 2.24) is 9.55 Å². The Morgan fingerprint density at radius 3 is 3.07 bits per heavy atom. The van der Waals surface area contributed by atoms with E-state index in [0.717, 1.165) is 19.4 Å². The van der Waals surface area contributed by atoms with E-state index in [1.807, 2.05) is 6.20 Å². The zero-order chi connectivity index (χ0) is 9.76. The van der Waals surface area contributed by atoms with Gasteiger partial charge in [0, 0.05) is 24.0 Å². The average molecular weight is 212 g/mol. The normalized spacial score (nSPS) is 28.6. The van der Waals surface area contributed by atoms with Crippen LogP contribution < -0.4 is 5.73 Å². The van der Waals surface area contributed by atoms with Crippen LogP contribution in [0.5, 0.6) is 0 Å². The zero-order valence-electron chi connectivity index (χ0n) is 8.04. The molecule has 3 nitrogen and oxygen atoms in total. The Morgan fingerprint density at radius 1 is 1.57 bits per heavy atom. The molecule has 0 bridgehead atoms. The van der Waals surface area contributed by atoms with Crippen molar-refractivity contribution in [2.24, 2.45) is 11.7 Å². The van der Waals surface area contributed by atoms with Gasteiger partial charge in [-0.15, -0.1) is 0 Å². The van der Waals surface area contributed by atoms with Crippen LogP contribution >= 0.6 is 11.6 Å². The predicted octanol–water partition coefficient (Wildman–Crippen LogP) is 1.59. The third-order valence-corrected chi connectivity index (χ3v) is 3.99. The molecule has 0 radical (unpaired) electrons. The van der Waals surface area contributed by atoms with Crippen LogP contribution in [-0.4, -0.2) is 15.1 Å². The van der Waals surface area contributed by atoms with Crippen LogP contribution in [0.1, 0.15) is 25.0 Å². The van der Waals surface area contributed by atoms with Crippen molar-refractivity contribution >= 4 is 11.6 Å². The van der Waals surface area contributed by atoms with Crippen LogP contribution in [-0.2, 0) is 13.0 Å². The topological polar surface area (TPSA) is 43.8 Å². The molecule has 3 rings (SSSR count). The van der Waals surface area contributed by atoms with Crippen LogP contribution in [0.2, 0.25) is 5.28 Å². The molecule has 1 saturated carbocycles. The molecule has 2 aliphatic rings. The summed E-state index contributed by atoms with van der Waals surface area (Å²) >= 11 is 5.96. The van der Waals surface area contributed by atoms with E-state index in [-0.39, 0.29) is 5.54 Å². The lowest BCUT2D eigenvalue weighted by molar-refractivity contribution is 0.316. The van der Waals surface area contributed by atoms with Crippen molar-refractivity contribution in [3.05, 3.63) is 17.2 Å². The van der Waals surface area contributed by atoms with E-state index in [1.165, 1.54) is 18.5 Å². The molecule has 76 valence electrons. The lowest BCUT2D eigenvalue weighted by Gasteiger charge is -2.28. The van der Waals surface area contributed by atoms with E-state index >= 15 is 0 Å². The third-order valence-electron chi connectivity index (χ3n) is 3.69. The molecule has 0 spiro atoms. The van der Waals surface area contributed by atoms with Gasteiger partial charge in [-0.05, 0) is 43.2 Å². The van der Waals surface area contributed by atoms with E-state index in [1.54, 1.807) is 0 Å². The minimum atomic E-state index is 0.141. The quantitative estimate of drug-likeness (QED) is 0.767. The standard InChI is InChI=1S/C10H14ClN3/c11-9-13-6-8-5-7(1-4-14(8)9)10(12)2-3-10/h6-7H,1-5,12H2. The number of halogens is 1. The Balaban J connectivity index is 1.87. The number of aromatic nitrogens is 2. The van der Waals surface area contributed by atoms with Crippen molar-refractivity contribution in [3.63, 3.8) is 0 Å². The summed E-state index contributed by atoms with van der Waals surface area (Å²) in [5, 5.41) is 0.625. The SMILES string of the molecule is NC1(C2CCn3c(cnc3Cl)C2)CC1. The molecule has 1 fully saturated rings. The van der Waals surface area contributed by atoms with E-state index in [2.05, 4.69) is 9.55 Å². The van der Waals surface area contributed by atoms with Gasteiger partial charge in [-0.25, -0.2) is 4.98 Å². The molecule has 1 aliphatic heterocycles. The van der Waals surface area contributed by atoms with Crippen LogP contribution in [0.4, 0.5) is 0 Å². The summed E-state index contributed by atoms with van der Waals surface area (Å²) < 4.78 is 2.10. The molecule has 0 aromatic carbocycles. The smallest absolute Gasteiger partial charge is 0.202 e. The first kappa shape index (κ1) is 8.74.